The number of halogens is 1. The van der Waals surface area contributed by atoms with Gasteiger partial charge in [0.05, 0.1) is 23.3 Å². The molecule has 0 radical (unpaired) electrons. The summed E-state index contributed by atoms with van der Waals surface area (Å²) in [5.74, 6) is -0.234. The lowest BCUT2D eigenvalue weighted by molar-refractivity contribution is -0.119. The van der Waals surface area contributed by atoms with Gasteiger partial charge in [0, 0.05) is 21.9 Å². The van der Waals surface area contributed by atoms with Crippen LogP contribution in [0.1, 0.15) is 5.56 Å². The van der Waals surface area contributed by atoms with Gasteiger partial charge in [0.15, 0.2) is 0 Å². The minimum atomic E-state index is -0.234. The molecule has 0 saturated carbocycles. The van der Waals surface area contributed by atoms with Gasteiger partial charge in [0.2, 0.25) is 0 Å². The van der Waals surface area contributed by atoms with Gasteiger partial charge in [-0.3, -0.25) is 4.79 Å². The van der Waals surface area contributed by atoms with Gasteiger partial charge in [-0.2, -0.15) is 10.2 Å². The number of rotatable bonds is 7. The third kappa shape index (κ3) is 5.03. The van der Waals surface area contributed by atoms with E-state index in [-0.39, 0.29) is 12.5 Å². The van der Waals surface area contributed by atoms with Crippen molar-refractivity contribution < 1.29 is 4.79 Å². The van der Waals surface area contributed by atoms with Crippen LogP contribution in [-0.2, 0) is 4.79 Å². The number of amides is 1. The SMILES string of the molecule is O=C(CNc1ccc(Br)cc1)NN=Cc1cn(-c2ccccc2)nc1-c1cccs1. The van der Waals surface area contributed by atoms with Crippen molar-refractivity contribution in [3.63, 3.8) is 0 Å². The van der Waals surface area contributed by atoms with Crippen molar-refractivity contribution in [2.45, 2.75) is 0 Å². The maximum absolute atomic E-state index is 12.1. The predicted octanol–water partition coefficient (Wildman–Crippen LogP) is 4.93. The van der Waals surface area contributed by atoms with Crippen LogP contribution in [0.4, 0.5) is 5.69 Å². The molecule has 0 unspecified atom stereocenters. The first kappa shape index (κ1) is 20.1. The smallest absolute Gasteiger partial charge is 0.259 e. The molecule has 0 aliphatic rings. The lowest BCUT2D eigenvalue weighted by Crippen LogP contribution is -2.25. The van der Waals surface area contributed by atoms with Crippen molar-refractivity contribution in [3.8, 4) is 16.3 Å². The highest BCUT2D eigenvalue weighted by Gasteiger charge is 2.12. The number of carbonyl (C=O) groups excluding carboxylic acids is 1. The highest BCUT2D eigenvalue weighted by atomic mass is 79.9. The Morgan fingerprint density at radius 3 is 2.63 bits per heavy atom. The summed E-state index contributed by atoms with van der Waals surface area (Å²) >= 11 is 4.99. The zero-order valence-electron chi connectivity index (χ0n) is 15.8. The second kappa shape index (κ2) is 9.51. The number of nitrogens with one attached hydrogen (secondary N) is 2. The van der Waals surface area contributed by atoms with Gasteiger partial charge in [-0.25, -0.2) is 10.1 Å². The third-order valence-corrected chi connectivity index (χ3v) is 5.61. The molecular formula is C22H18BrN5OS. The molecule has 0 saturated heterocycles. The molecular weight excluding hydrogens is 462 g/mol. The van der Waals surface area contributed by atoms with E-state index in [4.69, 9.17) is 5.10 Å². The van der Waals surface area contributed by atoms with E-state index in [1.165, 1.54) is 0 Å². The van der Waals surface area contributed by atoms with E-state index < -0.39 is 0 Å². The fraction of sp³-hybridized carbons (Fsp3) is 0.0455. The summed E-state index contributed by atoms with van der Waals surface area (Å²) in [6, 6.07) is 21.5. The minimum Gasteiger partial charge on any atom is -0.376 e. The number of anilines is 1. The summed E-state index contributed by atoms with van der Waals surface area (Å²) in [4.78, 5) is 13.1. The van der Waals surface area contributed by atoms with E-state index in [2.05, 4.69) is 31.8 Å². The monoisotopic (exact) mass is 479 g/mol. The molecule has 8 heteroatoms. The van der Waals surface area contributed by atoms with Crippen LogP contribution in [0.3, 0.4) is 0 Å². The summed E-state index contributed by atoms with van der Waals surface area (Å²) < 4.78 is 2.80. The van der Waals surface area contributed by atoms with E-state index in [9.17, 15) is 4.79 Å². The lowest BCUT2D eigenvalue weighted by atomic mass is 10.2. The molecule has 4 aromatic rings. The number of para-hydroxylation sites is 1. The van der Waals surface area contributed by atoms with Crippen LogP contribution in [0, 0.1) is 0 Å². The Morgan fingerprint density at radius 2 is 1.90 bits per heavy atom. The Balaban J connectivity index is 1.45. The number of hydrazone groups is 1. The van der Waals surface area contributed by atoms with Gasteiger partial charge in [0.1, 0.15) is 5.69 Å². The zero-order valence-corrected chi connectivity index (χ0v) is 18.2. The minimum absolute atomic E-state index is 0.125. The van der Waals surface area contributed by atoms with Gasteiger partial charge < -0.3 is 5.32 Å². The molecule has 4 rings (SSSR count). The van der Waals surface area contributed by atoms with Gasteiger partial charge >= 0.3 is 0 Å². The number of thiophene rings is 1. The Kier molecular flexibility index (Phi) is 6.36. The molecule has 2 aromatic carbocycles. The Morgan fingerprint density at radius 1 is 1.10 bits per heavy atom. The first-order valence-corrected chi connectivity index (χ1v) is 10.9. The summed E-state index contributed by atoms with van der Waals surface area (Å²) in [6.07, 6.45) is 3.53. The van der Waals surface area contributed by atoms with Crippen LogP contribution in [-0.4, -0.2) is 28.4 Å². The van der Waals surface area contributed by atoms with Crippen LogP contribution in [0.15, 0.2) is 87.9 Å². The third-order valence-electron chi connectivity index (χ3n) is 4.21. The van der Waals surface area contributed by atoms with Crippen molar-refractivity contribution in [1.82, 2.24) is 15.2 Å². The fourth-order valence-corrected chi connectivity index (χ4v) is 3.76. The molecule has 2 heterocycles. The van der Waals surface area contributed by atoms with E-state index in [1.54, 1.807) is 17.6 Å². The molecule has 0 aliphatic carbocycles. The molecule has 0 spiro atoms. The first-order chi connectivity index (χ1) is 14.7. The fourth-order valence-electron chi connectivity index (χ4n) is 2.76. The van der Waals surface area contributed by atoms with Crippen LogP contribution in [0.5, 0.6) is 0 Å². The number of hydrogen-bond acceptors (Lipinski definition) is 5. The first-order valence-electron chi connectivity index (χ1n) is 9.19. The van der Waals surface area contributed by atoms with E-state index >= 15 is 0 Å². The normalized spacial score (nSPS) is 11.0. The van der Waals surface area contributed by atoms with Gasteiger partial charge in [0.25, 0.3) is 5.91 Å². The Labute approximate surface area is 186 Å². The molecule has 2 N–H and O–H groups in total. The highest BCUT2D eigenvalue weighted by Crippen LogP contribution is 2.26. The van der Waals surface area contributed by atoms with Crippen molar-refractivity contribution in [2.75, 3.05) is 11.9 Å². The van der Waals surface area contributed by atoms with Crippen molar-refractivity contribution >= 4 is 45.1 Å². The van der Waals surface area contributed by atoms with Gasteiger partial charge in [-0.05, 0) is 47.8 Å². The highest BCUT2D eigenvalue weighted by molar-refractivity contribution is 9.10. The lowest BCUT2D eigenvalue weighted by Gasteiger charge is -2.05. The molecule has 30 heavy (non-hydrogen) atoms. The second-order valence-corrected chi connectivity index (χ2v) is 8.21. The Hall–Kier alpha value is -3.23. The van der Waals surface area contributed by atoms with Gasteiger partial charge in [-0.15, -0.1) is 11.3 Å². The van der Waals surface area contributed by atoms with E-state index in [1.807, 2.05) is 83.0 Å². The molecule has 1 amide bonds. The van der Waals surface area contributed by atoms with Crippen molar-refractivity contribution in [1.29, 1.82) is 0 Å². The second-order valence-electron chi connectivity index (χ2n) is 6.34. The van der Waals surface area contributed by atoms with Crippen LogP contribution in [0.2, 0.25) is 0 Å². The molecule has 150 valence electrons. The summed E-state index contributed by atoms with van der Waals surface area (Å²) in [6.45, 7) is 0.125. The number of nitrogens with zero attached hydrogens (tertiary/aromatic N) is 3. The maximum Gasteiger partial charge on any atom is 0.259 e. The number of carbonyl (C=O) groups is 1. The number of hydrogen-bond donors (Lipinski definition) is 2. The predicted molar refractivity (Wildman–Crippen MR) is 125 cm³/mol. The number of benzene rings is 2. The summed E-state index contributed by atoms with van der Waals surface area (Å²) in [7, 11) is 0. The van der Waals surface area contributed by atoms with Crippen LogP contribution < -0.4 is 10.7 Å². The van der Waals surface area contributed by atoms with E-state index in [0.29, 0.717) is 0 Å². The molecule has 0 atom stereocenters. The van der Waals surface area contributed by atoms with Gasteiger partial charge in [-0.1, -0.05) is 40.2 Å². The number of aromatic nitrogens is 2. The average Bonchev–Trinajstić information content (AvgIpc) is 3.44. The van der Waals surface area contributed by atoms with Crippen molar-refractivity contribution in [2.24, 2.45) is 5.10 Å². The average molecular weight is 480 g/mol. The topological polar surface area (TPSA) is 71.3 Å². The molecule has 0 bridgehead atoms. The Bertz CT molecular complexity index is 1140. The van der Waals surface area contributed by atoms with Crippen LogP contribution in [0.25, 0.3) is 16.3 Å². The molecule has 2 aromatic heterocycles. The largest absolute Gasteiger partial charge is 0.376 e. The molecule has 0 fully saturated rings. The maximum atomic E-state index is 12.1. The van der Waals surface area contributed by atoms with Crippen LogP contribution >= 0.6 is 27.3 Å². The molecule has 6 nitrogen and oxygen atoms in total. The summed E-state index contributed by atoms with van der Waals surface area (Å²) in [5, 5.41) is 13.9. The molecule has 0 aliphatic heterocycles. The summed E-state index contributed by atoms with van der Waals surface area (Å²) in [5.41, 5.74) is 6.02. The van der Waals surface area contributed by atoms with Crippen molar-refractivity contribution in [3.05, 3.63) is 88.3 Å². The standard InChI is InChI=1S/C22H18BrN5OS/c23-17-8-10-18(11-9-17)24-14-21(29)26-25-13-16-15-28(19-5-2-1-3-6-19)27-22(16)20-7-4-12-30-20/h1-13,15,24H,14H2,(H,26,29). The quantitative estimate of drug-likeness (QED) is 0.291. The zero-order chi connectivity index (χ0) is 20.8. The van der Waals surface area contributed by atoms with E-state index in [0.717, 1.165) is 32.0 Å².